The summed E-state index contributed by atoms with van der Waals surface area (Å²) in [6.45, 7) is 12.3. The van der Waals surface area contributed by atoms with Gasteiger partial charge in [-0.15, -0.1) is 0 Å². The Bertz CT molecular complexity index is 591. The third kappa shape index (κ3) is 3.32. The Morgan fingerprint density at radius 1 is 1.07 bits per heavy atom. The molecule has 0 aliphatic heterocycles. The summed E-state index contributed by atoms with van der Waals surface area (Å²) in [4.78, 5) is 0. The predicted octanol–water partition coefficient (Wildman–Crippen LogP) is 7.39. The van der Waals surface area contributed by atoms with Gasteiger partial charge in [0.25, 0.3) is 0 Å². The normalized spacial score (nSPS) is 46.5. The van der Waals surface area contributed by atoms with Gasteiger partial charge >= 0.3 is 0 Å². The van der Waals surface area contributed by atoms with Crippen LogP contribution in [0.4, 0.5) is 0 Å². The van der Waals surface area contributed by atoms with E-state index < -0.39 is 0 Å². The van der Waals surface area contributed by atoms with Crippen molar-refractivity contribution in [2.24, 2.45) is 46.3 Å². The van der Waals surface area contributed by atoms with Crippen molar-refractivity contribution in [1.82, 2.24) is 0 Å². The second kappa shape index (κ2) is 7.75. The third-order valence-corrected chi connectivity index (χ3v) is 10.2. The number of aliphatic hydroxyl groups excluding tert-OH is 1. The van der Waals surface area contributed by atoms with Crippen LogP contribution in [0.5, 0.6) is 0 Å². The monoisotopic (exact) mass is 386 g/mol. The van der Waals surface area contributed by atoms with Gasteiger partial charge in [0.2, 0.25) is 0 Å². The van der Waals surface area contributed by atoms with E-state index >= 15 is 0 Å². The van der Waals surface area contributed by atoms with Gasteiger partial charge in [0.15, 0.2) is 0 Å². The fourth-order valence-corrected chi connectivity index (χ4v) is 8.81. The molecule has 0 spiro atoms. The second-order valence-electron chi connectivity index (χ2n) is 12.1. The molecule has 0 amide bonds. The van der Waals surface area contributed by atoms with E-state index in [1.807, 2.05) is 0 Å². The van der Waals surface area contributed by atoms with Crippen molar-refractivity contribution >= 4 is 0 Å². The lowest BCUT2D eigenvalue weighted by Crippen LogP contribution is -2.50. The number of hydrogen-bond donors (Lipinski definition) is 1. The molecule has 8 unspecified atom stereocenters. The SMILES string of the molecule is CC(C)CCCC(C)C1C(O)CC2C3CC=C4CCCCC4(C)C3CCC21C. The quantitative estimate of drug-likeness (QED) is 0.488. The maximum atomic E-state index is 11.2. The van der Waals surface area contributed by atoms with Crippen molar-refractivity contribution in [2.45, 2.75) is 111 Å². The van der Waals surface area contributed by atoms with Crippen LogP contribution < -0.4 is 0 Å². The second-order valence-corrected chi connectivity index (χ2v) is 12.1. The number of aliphatic hydroxyl groups is 1. The van der Waals surface area contributed by atoms with Crippen LogP contribution in [0.2, 0.25) is 0 Å². The number of allylic oxidation sites excluding steroid dienone is 2. The minimum absolute atomic E-state index is 0.0626. The molecule has 1 N–H and O–H groups in total. The molecule has 8 atom stereocenters. The molecule has 0 radical (unpaired) electrons. The first-order valence-electron chi connectivity index (χ1n) is 12.6. The highest BCUT2D eigenvalue weighted by molar-refractivity contribution is 5.24. The van der Waals surface area contributed by atoms with E-state index in [-0.39, 0.29) is 6.10 Å². The highest BCUT2D eigenvalue weighted by atomic mass is 16.3. The van der Waals surface area contributed by atoms with Crippen LogP contribution in [0.3, 0.4) is 0 Å². The van der Waals surface area contributed by atoms with Crippen LogP contribution in [0.25, 0.3) is 0 Å². The Morgan fingerprint density at radius 3 is 2.61 bits per heavy atom. The fraction of sp³-hybridized carbons (Fsp3) is 0.926. The molecule has 0 aromatic carbocycles. The molecule has 1 nitrogen and oxygen atoms in total. The molecule has 160 valence electrons. The van der Waals surface area contributed by atoms with Crippen molar-refractivity contribution in [3.8, 4) is 0 Å². The summed E-state index contributed by atoms with van der Waals surface area (Å²) in [5.74, 6) is 4.45. The minimum Gasteiger partial charge on any atom is -0.393 e. The van der Waals surface area contributed by atoms with Gasteiger partial charge in [0.1, 0.15) is 0 Å². The zero-order valence-electron chi connectivity index (χ0n) is 19.3. The van der Waals surface area contributed by atoms with E-state index in [9.17, 15) is 5.11 Å². The lowest BCUT2D eigenvalue weighted by atomic mass is 9.47. The van der Waals surface area contributed by atoms with Crippen molar-refractivity contribution in [3.05, 3.63) is 11.6 Å². The molecular formula is C27H46O. The Hall–Kier alpha value is -0.300. The zero-order chi connectivity index (χ0) is 20.1. The molecule has 1 heteroatoms. The molecule has 4 rings (SSSR count). The van der Waals surface area contributed by atoms with Gasteiger partial charge in [0, 0.05) is 0 Å². The standard InChI is InChI=1S/C27H46O/c1-18(2)9-8-10-19(3)25-24(28)17-23-21-13-12-20-11-6-7-15-26(20,4)22(21)14-16-27(23,25)5/h12,18-19,21-25,28H,6-11,13-17H2,1-5H3. The summed E-state index contributed by atoms with van der Waals surface area (Å²) < 4.78 is 0. The molecule has 3 saturated carbocycles. The summed E-state index contributed by atoms with van der Waals surface area (Å²) in [7, 11) is 0. The topological polar surface area (TPSA) is 20.2 Å². The maximum Gasteiger partial charge on any atom is 0.0579 e. The Morgan fingerprint density at radius 2 is 1.86 bits per heavy atom. The highest BCUT2D eigenvalue weighted by Gasteiger charge is 2.61. The molecule has 0 aromatic heterocycles. The molecular weight excluding hydrogens is 340 g/mol. The summed E-state index contributed by atoms with van der Waals surface area (Å²) in [6, 6.07) is 0. The van der Waals surface area contributed by atoms with Gasteiger partial charge in [-0.3, -0.25) is 0 Å². The van der Waals surface area contributed by atoms with Gasteiger partial charge in [-0.1, -0.05) is 72.0 Å². The highest BCUT2D eigenvalue weighted by Crippen LogP contribution is 2.67. The van der Waals surface area contributed by atoms with E-state index in [0.29, 0.717) is 22.7 Å². The molecule has 0 saturated heterocycles. The number of hydrogen-bond acceptors (Lipinski definition) is 1. The first kappa shape index (κ1) is 21.0. The van der Waals surface area contributed by atoms with Crippen LogP contribution in [-0.4, -0.2) is 11.2 Å². The molecule has 28 heavy (non-hydrogen) atoms. The van der Waals surface area contributed by atoms with Crippen molar-refractivity contribution in [2.75, 3.05) is 0 Å². The zero-order valence-corrected chi connectivity index (χ0v) is 19.3. The molecule has 4 aliphatic rings. The number of rotatable bonds is 5. The van der Waals surface area contributed by atoms with Crippen LogP contribution >= 0.6 is 0 Å². The summed E-state index contributed by atoms with van der Waals surface area (Å²) in [6.07, 6.45) is 17.3. The van der Waals surface area contributed by atoms with E-state index in [1.165, 1.54) is 64.2 Å². The maximum absolute atomic E-state index is 11.2. The Labute approximate surface area is 174 Å². The van der Waals surface area contributed by atoms with E-state index in [2.05, 4.69) is 40.7 Å². The van der Waals surface area contributed by atoms with Crippen molar-refractivity contribution < 1.29 is 5.11 Å². The summed E-state index contributed by atoms with van der Waals surface area (Å²) in [5, 5.41) is 11.2. The largest absolute Gasteiger partial charge is 0.393 e. The van der Waals surface area contributed by atoms with Crippen LogP contribution in [-0.2, 0) is 0 Å². The molecule has 4 aliphatic carbocycles. The van der Waals surface area contributed by atoms with Gasteiger partial charge < -0.3 is 5.11 Å². The van der Waals surface area contributed by atoms with Gasteiger partial charge in [-0.05, 0) is 91.3 Å². The van der Waals surface area contributed by atoms with Crippen molar-refractivity contribution in [1.29, 1.82) is 0 Å². The Kier molecular flexibility index (Phi) is 5.80. The minimum atomic E-state index is -0.0626. The average Bonchev–Trinajstić information content (AvgIpc) is 2.91. The summed E-state index contributed by atoms with van der Waals surface area (Å²) >= 11 is 0. The van der Waals surface area contributed by atoms with Gasteiger partial charge in [-0.25, -0.2) is 0 Å². The molecule has 0 aromatic rings. The third-order valence-electron chi connectivity index (χ3n) is 10.2. The first-order chi connectivity index (χ1) is 13.3. The van der Waals surface area contributed by atoms with E-state index in [1.54, 1.807) is 5.57 Å². The first-order valence-corrected chi connectivity index (χ1v) is 12.6. The van der Waals surface area contributed by atoms with Crippen LogP contribution in [0, 0.1) is 46.3 Å². The van der Waals surface area contributed by atoms with E-state index in [4.69, 9.17) is 0 Å². The van der Waals surface area contributed by atoms with Gasteiger partial charge in [0.05, 0.1) is 6.10 Å². The lowest BCUT2D eigenvalue weighted by molar-refractivity contribution is -0.0558. The lowest BCUT2D eigenvalue weighted by Gasteiger charge is -2.58. The smallest absolute Gasteiger partial charge is 0.0579 e. The van der Waals surface area contributed by atoms with E-state index in [0.717, 1.165) is 30.1 Å². The van der Waals surface area contributed by atoms with Crippen LogP contribution in [0.1, 0.15) is 105 Å². The molecule has 0 bridgehead atoms. The molecule has 3 fully saturated rings. The average molecular weight is 387 g/mol. The fourth-order valence-electron chi connectivity index (χ4n) is 8.81. The van der Waals surface area contributed by atoms with Crippen molar-refractivity contribution in [3.63, 3.8) is 0 Å². The predicted molar refractivity (Wildman–Crippen MR) is 119 cm³/mol. The van der Waals surface area contributed by atoms with Crippen LogP contribution in [0.15, 0.2) is 11.6 Å². The number of fused-ring (bicyclic) bond motifs is 5. The molecule has 0 heterocycles. The Balaban J connectivity index is 1.53. The summed E-state index contributed by atoms with van der Waals surface area (Å²) in [5.41, 5.74) is 2.66. The van der Waals surface area contributed by atoms with Gasteiger partial charge in [-0.2, -0.15) is 0 Å².